The van der Waals surface area contributed by atoms with Crippen LogP contribution < -0.4 is 10.1 Å². The maximum atomic E-state index is 5.78. The Labute approximate surface area is 117 Å². The first kappa shape index (κ1) is 16.0. The Hall–Kier alpha value is -1.06. The highest BCUT2D eigenvalue weighted by atomic mass is 16.5. The topological polar surface area (TPSA) is 30.5 Å². The predicted molar refractivity (Wildman–Crippen MR) is 79.9 cm³/mol. The van der Waals surface area contributed by atoms with E-state index in [2.05, 4.69) is 45.1 Å². The molecule has 1 aromatic carbocycles. The Morgan fingerprint density at radius 2 is 2.00 bits per heavy atom. The highest BCUT2D eigenvalue weighted by Crippen LogP contribution is 2.26. The number of methoxy groups -OCH3 is 1. The molecule has 0 heterocycles. The van der Waals surface area contributed by atoms with Gasteiger partial charge in [0, 0.05) is 5.56 Å². The molecule has 0 bridgehead atoms. The zero-order valence-corrected chi connectivity index (χ0v) is 12.8. The maximum Gasteiger partial charge on any atom is 0.123 e. The van der Waals surface area contributed by atoms with E-state index in [0.717, 1.165) is 18.7 Å². The molecule has 0 fully saturated rings. The molecule has 0 spiro atoms. The minimum absolute atomic E-state index is 0.178. The number of benzene rings is 1. The number of nitrogens with one attached hydrogen (secondary N) is 1. The van der Waals surface area contributed by atoms with Crippen LogP contribution in [0.2, 0.25) is 0 Å². The van der Waals surface area contributed by atoms with Crippen LogP contribution in [0.1, 0.15) is 44.4 Å². The molecule has 0 aromatic heterocycles. The van der Waals surface area contributed by atoms with Crippen molar-refractivity contribution in [3.8, 4) is 5.75 Å². The first-order valence-corrected chi connectivity index (χ1v) is 7.08. The van der Waals surface area contributed by atoms with Crippen LogP contribution in [-0.2, 0) is 4.74 Å². The molecule has 1 unspecified atom stereocenters. The molecule has 0 amide bonds. The molecular formula is C16H27NO2. The summed E-state index contributed by atoms with van der Waals surface area (Å²) in [6.45, 7) is 10.0. The van der Waals surface area contributed by atoms with E-state index in [1.54, 1.807) is 7.11 Å². The molecule has 19 heavy (non-hydrogen) atoms. The van der Waals surface area contributed by atoms with Crippen molar-refractivity contribution in [3.63, 3.8) is 0 Å². The maximum absolute atomic E-state index is 5.78. The van der Waals surface area contributed by atoms with Crippen molar-refractivity contribution < 1.29 is 9.47 Å². The molecule has 1 aromatic rings. The third kappa shape index (κ3) is 5.21. The van der Waals surface area contributed by atoms with Crippen LogP contribution in [0.25, 0.3) is 0 Å². The van der Waals surface area contributed by atoms with Gasteiger partial charge in [-0.25, -0.2) is 0 Å². The molecule has 3 nitrogen and oxygen atoms in total. The lowest BCUT2D eigenvalue weighted by atomic mass is 10.0. The summed E-state index contributed by atoms with van der Waals surface area (Å²) in [4.78, 5) is 0. The molecule has 1 N–H and O–H groups in total. The second kappa shape index (κ2) is 8.18. The van der Waals surface area contributed by atoms with Crippen LogP contribution in [0.15, 0.2) is 18.2 Å². The zero-order chi connectivity index (χ0) is 14.3. The van der Waals surface area contributed by atoms with Gasteiger partial charge in [-0.05, 0) is 39.8 Å². The number of rotatable bonds is 8. The van der Waals surface area contributed by atoms with Crippen LogP contribution in [0.5, 0.6) is 5.75 Å². The second-order valence-corrected chi connectivity index (χ2v) is 5.13. The molecule has 0 aliphatic rings. The summed E-state index contributed by atoms with van der Waals surface area (Å²) in [7, 11) is 1.72. The van der Waals surface area contributed by atoms with Gasteiger partial charge in [0.05, 0.1) is 25.9 Å². The molecule has 0 saturated carbocycles. The summed E-state index contributed by atoms with van der Waals surface area (Å²) in [5.41, 5.74) is 2.42. The molecule has 0 radical (unpaired) electrons. The van der Waals surface area contributed by atoms with Crippen molar-refractivity contribution in [1.29, 1.82) is 0 Å². The van der Waals surface area contributed by atoms with Crippen molar-refractivity contribution in [2.24, 2.45) is 0 Å². The lowest BCUT2D eigenvalue weighted by Gasteiger charge is -2.23. The summed E-state index contributed by atoms with van der Waals surface area (Å²) < 4.78 is 11.2. The average Bonchev–Trinajstić information content (AvgIpc) is 2.38. The quantitative estimate of drug-likeness (QED) is 0.780. The average molecular weight is 265 g/mol. The van der Waals surface area contributed by atoms with Crippen LogP contribution in [-0.4, -0.2) is 26.4 Å². The fraction of sp³-hybridized carbons (Fsp3) is 0.625. The second-order valence-electron chi connectivity index (χ2n) is 5.13. The fourth-order valence-electron chi connectivity index (χ4n) is 1.99. The van der Waals surface area contributed by atoms with Crippen molar-refractivity contribution in [2.45, 2.75) is 46.3 Å². The van der Waals surface area contributed by atoms with Gasteiger partial charge in [0.25, 0.3) is 0 Å². The summed E-state index contributed by atoms with van der Waals surface area (Å²) in [5, 5.41) is 3.54. The minimum atomic E-state index is 0.178. The van der Waals surface area contributed by atoms with Crippen LogP contribution in [0.3, 0.4) is 0 Å². The van der Waals surface area contributed by atoms with E-state index in [9.17, 15) is 0 Å². The highest BCUT2D eigenvalue weighted by molar-refractivity contribution is 5.39. The van der Waals surface area contributed by atoms with E-state index >= 15 is 0 Å². The predicted octanol–water partition coefficient (Wildman–Crippen LogP) is 3.47. The molecule has 3 heteroatoms. The summed E-state index contributed by atoms with van der Waals surface area (Å²) in [6, 6.07) is 6.45. The van der Waals surface area contributed by atoms with Gasteiger partial charge in [-0.15, -0.1) is 0 Å². The molecule has 0 aliphatic heterocycles. The van der Waals surface area contributed by atoms with Crippen molar-refractivity contribution in [2.75, 3.05) is 20.3 Å². The fourth-order valence-corrected chi connectivity index (χ4v) is 1.99. The van der Waals surface area contributed by atoms with E-state index in [1.807, 2.05) is 6.07 Å². The minimum Gasteiger partial charge on any atom is -0.496 e. The summed E-state index contributed by atoms with van der Waals surface area (Å²) in [6.07, 6.45) is 1.34. The van der Waals surface area contributed by atoms with Gasteiger partial charge in [0.15, 0.2) is 0 Å². The number of hydrogen-bond acceptors (Lipinski definition) is 3. The lowest BCUT2D eigenvalue weighted by Crippen LogP contribution is -2.28. The van der Waals surface area contributed by atoms with Gasteiger partial charge in [0.2, 0.25) is 0 Å². The largest absolute Gasteiger partial charge is 0.496 e. The summed E-state index contributed by atoms with van der Waals surface area (Å²) >= 11 is 0. The van der Waals surface area contributed by atoms with Gasteiger partial charge in [-0.2, -0.15) is 0 Å². The van der Waals surface area contributed by atoms with Gasteiger partial charge in [-0.1, -0.05) is 24.6 Å². The standard InChI is InChI=1S/C16H27NO2/c1-6-9-17-15(11-19-12(2)3)14-10-13(4)7-8-16(14)18-5/h7-8,10,12,15,17H,6,9,11H2,1-5H3. The van der Waals surface area contributed by atoms with E-state index in [4.69, 9.17) is 9.47 Å². The smallest absolute Gasteiger partial charge is 0.123 e. The number of ether oxygens (including phenoxy) is 2. The third-order valence-electron chi connectivity index (χ3n) is 3.00. The van der Waals surface area contributed by atoms with Gasteiger partial charge in [-0.3, -0.25) is 0 Å². The molecular weight excluding hydrogens is 238 g/mol. The third-order valence-corrected chi connectivity index (χ3v) is 3.00. The van der Waals surface area contributed by atoms with E-state index in [1.165, 1.54) is 11.1 Å². The zero-order valence-electron chi connectivity index (χ0n) is 12.8. The molecule has 1 rings (SSSR count). The monoisotopic (exact) mass is 265 g/mol. The van der Waals surface area contributed by atoms with E-state index < -0.39 is 0 Å². The first-order chi connectivity index (χ1) is 9.08. The van der Waals surface area contributed by atoms with E-state index in [0.29, 0.717) is 6.61 Å². The van der Waals surface area contributed by atoms with Crippen LogP contribution in [0.4, 0.5) is 0 Å². The summed E-state index contributed by atoms with van der Waals surface area (Å²) in [5.74, 6) is 0.923. The van der Waals surface area contributed by atoms with Crippen molar-refractivity contribution in [1.82, 2.24) is 5.32 Å². The Bertz CT molecular complexity index is 377. The number of aryl methyl sites for hydroxylation is 1. The lowest BCUT2D eigenvalue weighted by molar-refractivity contribution is 0.0606. The molecule has 1 atom stereocenters. The Morgan fingerprint density at radius 3 is 2.58 bits per heavy atom. The molecule has 0 saturated heterocycles. The van der Waals surface area contributed by atoms with Crippen LogP contribution >= 0.6 is 0 Å². The van der Waals surface area contributed by atoms with Crippen LogP contribution in [0, 0.1) is 6.92 Å². The molecule has 0 aliphatic carbocycles. The van der Waals surface area contributed by atoms with Gasteiger partial charge < -0.3 is 14.8 Å². The Morgan fingerprint density at radius 1 is 1.26 bits per heavy atom. The number of hydrogen-bond donors (Lipinski definition) is 1. The van der Waals surface area contributed by atoms with Crippen molar-refractivity contribution in [3.05, 3.63) is 29.3 Å². The highest BCUT2D eigenvalue weighted by Gasteiger charge is 2.16. The molecule has 108 valence electrons. The first-order valence-electron chi connectivity index (χ1n) is 7.08. The Kier molecular flexibility index (Phi) is 6.89. The van der Waals surface area contributed by atoms with E-state index in [-0.39, 0.29) is 12.1 Å². The SMILES string of the molecule is CCCNC(COC(C)C)c1cc(C)ccc1OC. The Balaban J connectivity index is 2.90. The van der Waals surface area contributed by atoms with Gasteiger partial charge >= 0.3 is 0 Å². The van der Waals surface area contributed by atoms with Gasteiger partial charge in [0.1, 0.15) is 5.75 Å². The normalized spacial score (nSPS) is 12.7. The van der Waals surface area contributed by atoms with Crippen molar-refractivity contribution >= 4 is 0 Å².